The Hall–Kier alpha value is -2.67. The normalized spacial score (nSPS) is 15.3. The first-order valence-corrected chi connectivity index (χ1v) is 9.06. The Bertz CT molecular complexity index is 917. The molecule has 3 aromatic rings. The Morgan fingerprint density at radius 1 is 1.31 bits per heavy atom. The van der Waals surface area contributed by atoms with E-state index in [1.54, 1.807) is 0 Å². The average Bonchev–Trinajstić information content (AvgIpc) is 3.13. The van der Waals surface area contributed by atoms with E-state index in [-0.39, 0.29) is 5.91 Å². The Balaban J connectivity index is 1.34. The highest BCUT2D eigenvalue weighted by Crippen LogP contribution is 2.27. The molecule has 26 heavy (non-hydrogen) atoms. The number of carbonyl (C=O) groups is 1. The van der Waals surface area contributed by atoms with E-state index in [2.05, 4.69) is 25.3 Å². The number of amides is 1. The van der Waals surface area contributed by atoms with Crippen molar-refractivity contribution in [1.29, 1.82) is 0 Å². The van der Waals surface area contributed by atoms with Crippen molar-refractivity contribution in [3.63, 3.8) is 0 Å². The number of imidazole rings is 1. The van der Waals surface area contributed by atoms with Gasteiger partial charge in [-0.2, -0.15) is 5.10 Å². The van der Waals surface area contributed by atoms with Crippen molar-refractivity contribution < 1.29 is 4.79 Å². The quantitative estimate of drug-likeness (QED) is 0.739. The second-order valence-electron chi connectivity index (χ2n) is 6.94. The van der Waals surface area contributed by atoms with Gasteiger partial charge in [0.2, 0.25) is 5.91 Å². The zero-order chi connectivity index (χ0) is 18.3. The topological polar surface area (TPSA) is 78.8 Å². The van der Waals surface area contributed by atoms with Gasteiger partial charge in [-0.05, 0) is 32.9 Å². The number of hydrogen-bond donors (Lipinski definition) is 2. The molecule has 0 bridgehead atoms. The first-order valence-electron chi connectivity index (χ1n) is 9.06. The van der Waals surface area contributed by atoms with Gasteiger partial charge in [0.05, 0.1) is 34.7 Å². The van der Waals surface area contributed by atoms with Gasteiger partial charge in [0.25, 0.3) is 0 Å². The number of carbonyl (C=O) groups excluding carboxylic acids is 1. The number of fused-ring (bicyclic) bond motifs is 1. The number of hydrogen-bond acceptors (Lipinski definition) is 4. The molecular weight excluding hydrogens is 328 g/mol. The van der Waals surface area contributed by atoms with Crippen LogP contribution in [0.4, 0.5) is 5.69 Å². The summed E-state index contributed by atoms with van der Waals surface area (Å²) in [4.78, 5) is 22.6. The molecule has 0 atom stereocenters. The van der Waals surface area contributed by atoms with E-state index in [4.69, 9.17) is 0 Å². The number of anilines is 1. The van der Waals surface area contributed by atoms with Crippen LogP contribution in [0.1, 0.15) is 30.1 Å². The van der Waals surface area contributed by atoms with Crippen LogP contribution in [0.15, 0.2) is 24.3 Å². The lowest BCUT2D eigenvalue weighted by molar-refractivity contribution is -0.118. The lowest BCUT2D eigenvalue weighted by Crippen LogP contribution is -2.48. The third kappa shape index (κ3) is 2.99. The first kappa shape index (κ1) is 16.8. The third-order valence-corrected chi connectivity index (χ3v) is 5.06. The highest BCUT2D eigenvalue weighted by molar-refractivity contribution is 5.93. The van der Waals surface area contributed by atoms with Crippen LogP contribution < -0.4 is 5.32 Å². The van der Waals surface area contributed by atoms with Crippen LogP contribution in [0.3, 0.4) is 0 Å². The fourth-order valence-electron chi connectivity index (χ4n) is 3.61. The number of para-hydroxylation sites is 2. The van der Waals surface area contributed by atoms with Crippen LogP contribution in [-0.2, 0) is 11.3 Å². The van der Waals surface area contributed by atoms with Crippen molar-refractivity contribution in [2.45, 2.75) is 33.2 Å². The molecule has 1 amide bonds. The summed E-state index contributed by atoms with van der Waals surface area (Å²) in [6, 6.07) is 8.05. The van der Waals surface area contributed by atoms with Crippen LogP contribution in [0.5, 0.6) is 0 Å². The molecule has 2 aromatic heterocycles. The molecule has 1 aliphatic heterocycles. The second kappa shape index (κ2) is 6.57. The van der Waals surface area contributed by atoms with Gasteiger partial charge in [0, 0.05) is 25.6 Å². The number of rotatable bonds is 5. The number of likely N-dealkylation sites (tertiary alicyclic amines) is 1. The monoisotopic (exact) mass is 352 g/mol. The highest BCUT2D eigenvalue weighted by atomic mass is 16.2. The fourth-order valence-corrected chi connectivity index (χ4v) is 3.61. The highest BCUT2D eigenvalue weighted by Gasteiger charge is 2.31. The largest absolute Gasteiger partial charge is 0.342 e. The minimum Gasteiger partial charge on any atom is -0.342 e. The number of nitrogens with one attached hydrogen (secondary N) is 2. The predicted molar refractivity (Wildman–Crippen MR) is 101 cm³/mol. The standard InChI is InChI=1S/C19H24N6O/c1-4-25-13(3)18(12(2)23-25)22-17(26)11-24-9-14(10-24)19-20-15-7-5-6-8-16(15)21-19/h5-8,14H,4,9-11H2,1-3H3,(H,20,21)(H,22,26). The maximum absolute atomic E-state index is 12.4. The van der Waals surface area contributed by atoms with Gasteiger partial charge in [-0.15, -0.1) is 0 Å². The molecule has 1 aromatic carbocycles. The summed E-state index contributed by atoms with van der Waals surface area (Å²) in [7, 11) is 0. The van der Waals surface area contributed by atoms with Crippen LogP contribution >= 0.6 is 0 Å². The third-order valence-electron chi connectivity index (χ3n) is 5.06. The van der Waals surface area contributed by atoms with Gasteiger partial charge in [-0.1, -0.05) is 12.1 Å². The van der Waals surface area contributed by atoms with E-state index in [9.17, 15) is 4.79 Å². The SMILES string of the molecule is CCn1nc(C)c(NC(=O)CN2CC(c3nc4ccccc4[nH]3)C2)c1C. The van der Waals surface area contributed by atoms with Gasteiger partial charge in [-0.3, -0.25) is 14.4 Å². The summed E-state index contributed by atoms with van der Waals surface area (Å²) in [6.45, 7) is 8.85. The van der Waals surface area contributed by atoms with Crippen LogP contribution in [-0.4, -0.2) is 50.2 Å². The van der Waals surface area contributed by atoms with Crippen molar-refractivity contribution in [2.75, 3.05) is 25.0 Å². The van der Waals surface area contributed by atoms with Crippen LogP contribution in [0.25, 0.3) is 11.0 Å². The van der Waals surface area contributed by atoms with Gasteiger partial charge >= 0.3 is 0 Å². The van der Waals surface area contributed by atoms with E-state index in [1.165, 1.54) is 0 Å². The molecule has 0 spiro atoms. The predicted octanol–water partition coefficient (Wildman–Crippen LogP) is 2.43. The number of aromatic amines is 1. The van der Waals surface area contributed by atoms with E-state index in [0.717, 1.165) is 53.6 Å². The molecule has 0 unspecified atom stereocenters. The van der Waals surface area contributed by atoms with Gasteiger partial charge < -0.3 is 10.3 Å². The van der Waals surface area contributed by atoms with Crippen molar-refractivity contribution >= 4 is 22.6 Å². The van der Waals surface area contributed by atoms with E-state index < -0.39 is 0 Å². The van der Waals surface area contributed by atoms with Crippen molar-refractivity contribution in [3.05, 3.63) is 41.5 Å². The summed E-state index contributed by atoms with van der Waals surface area (Å²) in [5, 5.41) is 7.46. The summed E-state index contributed by atoms with van der Waals surface area (Å²) in [5.41, 5.74) is 4.77. The summed E-state index contributed by atoms with van der Waals surface area (Å²) < 4.78 is 1.91. The molecular formula is C19H24N6O. The molecule has 1 fully saturated rings. The molecule has 4 rings (SSSR count). The van der Waals surface area contributed by atoms with Gasteiger partial charge in [0.1, 0.15) is 5.82 Å². The summed E-state index contributed by atoms with van der Waals surface area (Å²) >= 11 is 0. The molecule has 0 aliphatic carbocycles. The molecule has 2 N–H and O–H groups in total. The number of aryl methyl sites for hydroxylation is 2. The smallest absolute Gasteiger partial charge is 0.238 e. The maximum atomic E-state index is 12.4. The molecule has 7 nitrogen and oxygen atoms in total. The van der Waals surface area contributed by atoms with Crippen molar-refractivity contribution in [1.82, 2.24) is 24.6 Å². The molecule has 1 aliphatic rings. The lowest BCUT2D eigenvalue weighted by atomic mass is 9.99. The van der Waals surface area contributed by atoms with Gasteiger partial charge in [-0.25, -0.2) is 4.98 Å². The molecule has 7 heteroatoms. The Labute approximate surface area is 152 Å². The molecule has 3 heterocycles. The molecule has 0 radical (unpaired) electrons. The summed E-state index contributed by atoms with van der Waals surface area (Å²) in [5.74, 6) is 1.38. The summed E-state index contributed by atoms with van der Waals surface area (Å²) in [6.07, 6.45) is 0. The van der Waals surface area contributed by atoms with Crippen molar-refractivity contribution in [3.8, 4) is 0 Å². The van der Waals surface area contributed by atoms with Crippen LogP contribution in [0.2, 0.25) is 0 Å². The maximum Gasteiger partial charge on any atom is 0.238 e. The molecule has 1 saturated heterocycles. The first-order chi connectivity index (χ1) is 12.5. The van der Waals surface area contributed by atoms with E-state index in [1.807, 2.05) is 49.7 Å². The van der Waals surface area contributed by atoms with Crippen LogP contribution in [0, 0.1) is 13.8 Å². The van der Waals surface area contributed by atoms with Crippen molar-refractivity contribution in [2.24, 2.45) is 0 Å². The number of aromatic nitrogens is 4. The lowest BCUT2D eigenvalue weighted by Gasteiger charge is -2.37. The number of nitrogens with zero attached hydrogens (tertiary/aromatic N) is 4. The zero-order valence-electron chi connectivity index (χ0n) is 15.4. The average molecular weight is 352 g/mol. The van der Waals surface area contributed by atoms with Gasteiger partial charge in [0.15, 0.2) is 0 Å². The van der Waals surface area contributed by atoms with E-state index in [0.29, 0.717) is 12.5 Å². The zero-order valence-corrected chi connectivity index (χ0v) is 15.4. The second-order valence-corrected chi connectivity index (χ2v) is 6.94. The minimum absolute atomic E-state index is 0.00918. The number of H-pyrrole nitrogens is 1. The fraction of sp³-hybridized carbons (Fsp3) is 0.421. The Morgan fingerprint density at radius 3 is 2.77 bits per heavy atom. The number of benzene rings is 1. The van der Waals surface area contributed by atoms with E-state index >= 15 is 0 Å². The molecule has 0 saturated carbocycles. The Kier molecular flexibility index (Phi) is 4.24. The molecule has 136 valence electrons. The minimum atomic E-state index is 0.00918. The Morgan fingerprint density at radius 2 is 2.08 bits per heavy atom.